The van der Waals surface area contributed by atoms with Crippen LogP contribution in [-0.4, -0.2) is 29.6 Å². The van der Waals surface area contributed by atoms with Gasteiger partial charge in [-0.3, -0.25) is 4.90 Å². The summed E-state index contributed by atoms with van der Waals surface area (Å²) >= 11 is 0. The summed E-state index contributed by atoms with van der Waals surface area (Å²) < 4.78 is 0. The number of rotatable bonds is 8. The summed E-state index contributed by atoms with van der Waals surface area (Å²) in [4.78, 5) is 2.77. The van der Waals surface area contributed by atoms with E-state index in [1.165, 1.54) is 51.5 Å². The first-order valence-corrected chi connectivity index (χ1v) is 8.97. The minimum atomic E-state index is 0.288. The van der Waals surface area contributed by atoms with Crippen LogP contribution < -0.4 is 5.73 Å². The van der Waals surface area contributed by atoms with Crippen molar-refractivity contribution in [1.29, 1.82) is 0 Å². The Hall–Kier alpha value is -0.0800. The second kappa shape index (κ2) is 8.38. The first-order valence-electron chi connectivity index (χ1n) is 8.97. The summed E-state index contributed by atoms with van der Waals surface area (Å²) in [5.41, 5.74) is 6.57. The van der Waals surface area contributed by atoms with E-state index in [1.54, 1.807) is 0 Å². The van der Waals surface area contributed by atoms with Crippen LogP contribution in [0, 0.1) is 11.8 Å². The van der Waals surface area contributed by atoms with Crippen molar-refractivity contribution < 1.29 is 0 Å². The van der Waals surface area contributed by atoms with E-state index < -0.39 is 0 Å². The van der Waals surface area contributed by atoms with E-state index in [2.05, 4.69) is 39.5 Å². The summed E-state index contributed by atoms with van der Waals surface area (Å²) in [5, 5.41) is 0. The summed E-state index contributed by atoms with van der Waals surface area (Å²) in [7, 11) is 0. The van der Waals surface area contributed by atoms with Gasteiger partial charge in [-0.15, -0.1) is 0 Å². The van der Waals surface area contributed by atoms with Crippen LogP contribution in [0.4, 0.5) is 0 Å². The molecule has 20 heavy (non-hydrogen) atoms. The molecule has 0 radical (unpaired) electrons. The monoisotopic (exact) mass is 282 g/mol. The second-order valence-corrected chi connectivity index (χ2v) is 7.31. The molecule has 1 unspecified atom stereocenters. The highest BCUT2D eigenvalue weighted by atomic mass is 15.2. The van der Waals surface area contributed by atoms with Crippen molar-refractivity contribution in [2.24, 2.45) is 17.6 Å². The number of unbranched alkanes of at least 4 members (excludes halogenated alkanes) is 1. The van der Waals surface area contributed by atoms with Gasteiger partial charge in [-0.1, -0.05) is 34.1 Å². The molecule has 1 fully saturated rings. The molecular formula is C18H38N2. The molecule has 0 bridgehead atoms. The fourth-order valence-corrected chi connectivity index (χ4v) is 3.93. The minimum Gasteiger partial charge on any atom is -0.329 e. The van der Waals surface area contributed by atoms with E-state index in [9.17, 15) is 0 Å². The summed E-state index contributed by atoms with van der Waals surface area (Å²) in [6.45, 7) is 13.8. The highest BCUT2D eigenvalue weighted by molar-refractivity contribution is 4.97. The molecule has 1 aliphatic carbocycles. The van der Waals surface area contributed by atoms with Crippen molar-refractivity contribution in [2.75, 3.05) is 13.1 Å². The van der Waals surface area contributed by atoms with Crippen molar-refractivity contribution in [3.63, 3.8) is 0 Å². The lowest BCUT2D eigenvalue weighted by molar-refractivity contribution is 0.00479. The zero-order chi connectivity index (χ0) is 15.2. The van der Waals surface area contributed by atoms with Gasteiger partial charge in [0.15, 0.2) is 0 Å². The van der Waals surface area contributed by atoms with Crippen molar-refractivity contribution in [2.45, 2.75) is 91.1 Å². The van der Waals surface area contributed by atoms with Gasteiger partial charge < -0.3 is 5.73 Å². The lowest BCUT2D eigenvalue weighted by Crippen LogP contribution is -2.59. The largest absolute Gasteiger partial charge is 0.329 e. The molecule has 0 aromatic rings. The predicted molar refractivity (Wildman–Crippen MR) is 89.9 cm³/mol. The van der Waals surface area contributed by atoms with E-state index in [4.69, 9.17) is 5.73 Å². The van der Waals surface area contributed by atoms with Gasteiger partial charge in [0.1, 0.15) is 0 Å². The van der Waals surface area contributed by atoms with Crippen LogP contribution in [0.1, 0.15) is 79.6 Å². The molecule has 2 heteroatoms. The SMILES string of the molecule is CCCCN(C(C)CC)C1(CN)CCC(C(C)C)CC1. The molecular weight excluding hydrogens is 244 g/mol. The van der Waals surface area contributed by atoms with Gasteiger partial charge in [0, 0.05) is 18.1 Å². The lowest BCUT2D eigenvalue weighted by Gasteiger charge is -2.51. The van der Waals surface area contributed by atoms with E-state index in [0.717, 1.165) is 18.4 Å². The molecule has 0 saturated heterocycles. The average molecular weight is 283 g/mol. The third-order valence-corrected chi connectivity index (χ3v) is 5.77. The number of nitrogens with zero attached hydrogens (tertiary/aromatic N) is 1. The first kappa shape index (κ1) is 18.0. The lowest BCUT2D eigenvalue weighted by atomic mass is 9.71. The summed E-state index contributed by atoms with van der Waals surface area (Å²) in [5.74, 6) is 1.75. The van der Waals surface area contributed by atoms with Crippen molar-refractivity contribution in [3.8, 4) is 0 Å². The normalized spacial score (nSPS) is 29.1. The van der Waals surface area contributed by atoms with Gasteiger partial charge in [0.05, 0.1) is 0 Å². The van der Waals surface area contributed by atoms with Gasteiger partial charge in [-0.2, -0.15) is 0 Å². The Morgan fingerprint density at radius 1 is 1.15 bits per heavy atom. The number of hydrogen-bond donors (Lipinski definition) is 1. The molecule has 2 N–H and O–H groups in total. The Labute approximate surface area is 127 Å². The van der Waals surface area contributed by atoms with E-state index in [-0.39, 0.29) is 5.54 Å². The zero-order valence-electron chi connectivity index (χ0n) is 14.6. The Bertz CT molecular complexity index is 254. The van der Waals surface area contributed by atoms with Crippen LogP contribution in [0.25, 0.3) is 0 Å². The molecule has 0 aliphatic heterocycles. The van der Waals surface area contributed by atoms with Crippen LogP contribution in [0.2, 0.25) is 0 Å². The maximum Gasteiger partial charge on any atom is 0.0334 e. The van der Waals surface area contributed by atoms with Crippen LogP contribution in [0.15, 0.2) is 0 Å². The minimum absolute atomic E-state index is 0.288. The van der Waals surface area contributed by atoms with Crippen LogP contribution >= 0.6 is 0 Å². The van der Waals surface area contributed by atoms with Gasteiger partial charge >= 0.3 is 0 Å². The Morgan fingerprint density at radius 2 is 1.75 bits per heavy atom. The third-order valence-electron chi connectivity index (χ3n) is 5.77. The van der Waals surface area contributed by atoms with Gasteiger partial charge in [0.25, 0.3) is 0 Å². The highest BCUT2D eigenvalue weighted by Gasteiger charge is 2.40. The van der Waals surface area contributed by atoms with Crippen LogP contribution in [0.3, 0.4) is 0 Å². The van der Waals surface area contributed by atoms with Crippen molar-refractivity contribution in [3.05, 3.63) is 0 Å². The van der Waals surface area contributed by atoms with Crippen molar-refractivity contribution in [1.82, 2.24) is 4.90 Å². The molecule has 0 heterocycles. The average Bonchev–Trinajstić information content (AvgIpc) is 2.47. The first-order chi connectivity index (χ1) is 9.50. The van der Waals surface area contributed by atoms with E-state index in [0.29, 0.717) is 6.04 Å². The molecule has 1 aliphatic rings. The fourth-order valence-electron chi connectivity index (χ4n) is 3.93. The quantitative estimate of drug-likeness (QED) is 0.713. The van der Waals surface area contributed by atoms with E-state index in [1.807, 2.05) is 0 Å². The van der Waals surface area contributed by atoms with Crippen LogP contribution in [-0.2, 0) is 0 Å². The summed E-state index contributed by atoms with van der Waals surface area (Å²) in [6, 6.07) is 0.667. The molecule has 0 aromatic carbocycles. The number of hydrogen-bond acceptors (Lipinski definition) is 2. The maximum absolute atomic E-state index is 6.28. The highest BCUT2D eigenvalue weighted by Crippen LogP contribution is 2.40. The maximum atomic E-state index is 6.28. The fraction of sp³-hybridized carbons (Fsp3) is 1.00. The van der Waals surface area contributed by atoms with Gasteiger partial charge in [0.2, 0.25) is 0 Å². The topological polar surface area (TPSA) is 29.3 Å². The molecule has 1 atom stereocenters. The molecule has 1 rings (SSSR count). The Kier molecular flexibility index (Phi) is 7.53. The molecule has 0 spiro atoms. The standard InChI is InChI=1S/C18H38N2/c1-6-8-13-20(16(5)7-2)18(14-19)11-9-17(10-12-18)15(3)4/h15-17H,6-14,19H2,1-5H3. The number of nitrogens with two attached hydrogens (primary N) is 1. The smallest absolute Gasteiger partial charge is 0.0334 e. The van der Waals surface area contributed by atoms with Crippen molar-refractivity contribution >= 4 is 0 Å². The van der Waals surface area contributed by atoms with Crippen LogP contribution in [0.5, 0.6) is 0 Å². The summed E-state index contributed by atoms with van der Waals surface area (Å²) in [6.07, 6.45) is 9.17. The molecule has 0 aromatic heterocycles. The molecule has 2 nitrogen and oxygen atoms in total. The van der Waals surface area contributed by atoms with E-state index >= 15 is 0 Å². The third kappa shape index (κ3) is 4.21. The van der Waals surface area contributed by atoms with Gasteiger partial charge in [-0.05, 0) is 63.8 Å². The van der Waals surface area contributed by atoms with Gasteiger partial charge in [-0.25, -0.2) is 0 Å². The predicted octanol–water partition coefficient (Wildman–Crippen LogP) is 4.43. The second-order valence-electron chi connectivity index (χ2n) is 7.31. The molecule has 120 valence electrons. The Morgan fingerprint density at radius 3 is 2.15 bits per heavy atom. The molecule has 0 amide bonds. The Balaban J connectivity index is 2.78. The molecule has 1 saturated carbocycles. The zero-order valence-corrected chi connectivity index (χ0v) is 14.6.